The Hall–Kier alpha value is -1.45. The molecule has 1 fully saturated rings. The number of rotatable bonds is 1. The van der Waals surface area contributed by atoms with Gasteiger partial charge in [-0.1, -0.05) is 0 Å². The van der Waals surface area contributed by atoms with Crippen LogP contribution in [-0.4, -0.2) is 33.9 Å². The molecule has 1 aromatic rings. The van der Waals surface area contributed by atoms with Crippen molar-refractivity contribution >= 4 is 5.91 Å². The average Bonchev–Trinajstić information content (AvgIpc) is 2.29. The largest absolute Gasteiger partial charge is 0.342 e. The molecule has 0 spiro atoms. The highest BCUT2D eigenvalue weighted by atomic mass is 16.2. The van der Waals surface area contributed by atoms with Crippen molar-refractivity contribution in [2.75, 3.05) is 13.1 Å². The Kier molecular flexibility index (Phi) is 3.17. The maximum absolute atomic E-state index is 11.3. The van der Waals surface area contributed by atoms with Crippen molar-refractivity contribution in [2.45, 2.75) is 32.6 Å². The summed E-state index contributed by atoms with van der Waals surface area (Å²) in [4.78, 5) is 21.9. The molecule has 0 aromatic carbocycles. The highest BCUT2D eigenvalue weighted by Gasteiger charge is 2.23. The fraction of sp³-hybridized carbons (Fsp3) is 0.583. The lowest BCUT2D eigenvalue weighted by Gasteiger charge is -2.31. The number of aryl methyl sites for hydroxylation is 1. The first-order valence-corrected chi connectivity index (χ1v) is 5.71. The first kappa shape index (κ1) is 11.0. The number of hydrogen-bond donors (Lipinski definition) is 0. The molecule has 0 bridgehead atoms. The Morgan fingerprint density at radius 3 is 3.00 bits per heavy atom. The van der Waals surface area contributed by atoms with Gasteiger partial charge >= 0.3 is 0 Å². The van der Waals surface area contributed by atoms with Crippen LogP contribution in [0.15, 0.2) is 12.4 Å². The van der Waals surface area contributed by atoms with Crippen molar-refractivity contribution in [3.05, 3.63) is 23.8 Å². The van der Waals surface area contributed by atoms with Crippen LogP contribution in [0.4, 0.5) is 0 Å². The summed E-state index contributed by atoms with van der Waals surface area (Å²) < 4.78 is 0. The van der Waals surface area contributed by atoms with Gasteiger partial charge in [0.25, 0.3) is 0 Å². The zero-order valence-corrected chi connectivity index (χ0v) is 9.81. The van der Waals surface area contributed by atoms with Gasteiger partial charge in [-0.05, 0) is 19.8 Å². The first-order chi connectivity index (χ1) is 7.66. The zero-order chi connectivity index (χ0) is 11.5. The topological polar surface area (TPSA) is 46.1 Å². The van der Waals surface area contributed by atoms with E-state index in [-0.39, 0.29) is 5.91 Å². The normalized spacial score (nSPS) is 20.9. The van der Waals surface area contributed by atoms with Crippen LogP contribution in [0, 0.1) is 6.92 Å². The van der Waals surface area contributed by atoms with Gasteiger partial charge in [0.05, 0.1) is 11.4 Å². The minimum atomic E-state index is 0.158. The van der Waals surface area contributed by atoms with Crippen molar-refractivity contribution in [3.63, 3.8) is 0 Å². The molecular formula is C12H17N3O. The number of carbonyl (C=O) groups is 1. The smallest absolute Gasteiger partial charge is 0.219 e. The number of aromatic nitrogens is 2. The molecule has 0 aliphatic carbocycles. The summed E-state index contributed by atoms with van der Waals surface area (Å²) in [7, 11) is 0. The molecule has 0 N–H and O–H groups in total. The van der Waals surface area contributed by atoms with Crippen molar-refractivity contribution in [1.29, 1.82) is 0 Å². The van der Waals surface area contributed by atoms with Crippen LogP contribution in [0.3, 0.4) is 0 Å². The lowest BCUT2D eigenvalue weighted by atomic mass is 9.95. The SMILES string of the molecule is CC(=O)N1CCCC(c2cncc(C)n2)C1. The number of likely N-dealkylation sites (tertiary alicyclic amines) is 1. The maximum Gasteiger partial charge on any atom is 0.219 e. The van der Waals surface area contributed by atoms with Gasteiger partial charge in [-0.25, -0.2) is 0 Å². The summed E-state index contributed by atoms with van der Waals surface area (Å²) in [6, 6.07) is 0. The highest BCUT2D eigenvalue weighted by Crippen LogP contribution is 2.25. The van der Waals surface area contributed by atoms with E-state index in [0.29, 0.717) is 5.92 Å². The Balaban J connectivity index is 2.12. The van der Waals surface area contributed by atoms with Crippen LogP contribution in [0.25, 0.3) is 0 Å². The van der Waals surface area contributed by atoms with Gasteiger partial charge in [0, 0.05) is 38.3 Å². The van der Waals surface area contributed by atoms with Crippen molar-refractivity contribution in [3.8, 4) is 0 Å². The lowest BCUT2D eigenvalue weighted by molar-refractivity contribution is -0.130. The highest BCUT2D eigenvalue weighted by molar-refractivity contribution is 5.73. The standard InChI is InChI=1S/C12H17N3O/c1-9-6-13-7-12(14-9)11-4-3-5-15(8-11)10(2)16/h6-7,11H,3-5,8H2,1-2H3. The molecule has 2 heterocycles. The fourth-order valence-electron chi connectivity index (χ4n) is 2.18. The quantitative estimate of drug-likeness (QED) is 0.719. The van der Waals surface area contributed by atoms with Crippen LogP contribution in [0.1, 0.15) is 37.1 Å². The summed E-state index contributed by atoms with van der Waals surface area (Å²) in [5.41, 5.74) is 1.96. The second-order valence-corrected chi connectivity index (χ2v) is 4.39. The third-order valence-corrected chi connectivity index (χ3v) is 3.06. The van der Waals surface area contributed by atoms with Crippen LogP contribution in [0.5, 0.6) is 0 Å². The fourth-order valence-corrected chi connectivity index (χ4v) is 2.18. The number of nitrogens with zero attached hydrogens (tertiary/aromatic N) is 3. The monoisotopic (exact) mass is 219 g/mol. The summed E-state index contributed by atoms with van der Waals surface area (Å²) in [6.45, 7) is 5.24. The number of piperidine rings is 1. The molecule has 1 amide bonds. The number of hydrogen-bond acceptors (Lipinski definition) is 3. The Morgan fingerprint density at radius 2 is 2.31 bits per heavy atom. The Labute approximate surface area is 95.7 Å². The van der Waals surface area contributed by atoms with Crippen molar-refractivity contribution in [2.24, 2.45) is 0 Å². The molecule has 0 saturated carbocycles. The molecule has 0 radical (unpaired) electrons. The second kappa shape index (κ2) is 4.60. The lowest BCUT2D eigenvalue weighted by Crippen LogP contribution is -2.37. The summed E-state index contributed by atoms with van der Waals surface area (Å²) in [6.07, 6.45) is 5.73. The van der Waals surface area contributed by atoms with E-state index in [1.54, 1.807) is 13.1 Å². The Bertz CT molecular complexity index is 392. The maximum atomic E-state index is 11.3. The van der Waals surface area contributed by atoms with E-state index in [1.807, 2.05) is 18.0 Å². The van der Waals surface area contributed by atoms with Crippen LogP contribution < -0.4 is 0 Å². The van der Waals surface area contributed by atoms with Gasteiger partial charge < -0.3 is 4.90 Å². The molecule has 1 atom stereocenters. The van der Waals surface area contributed by atoms with Crippen molar-refractivity contribution in [1.82, 2.24) is 14.9 Å². The van der Waals surface area contributed by atoms with E-state index in [0.717, 1.165) is 37.3 Å². The van der Waals surface area contributed by atoms with E-state index < -0.39 is 0 Å². The van der Waals surface area contributed by atoms with E-state index in [4.69, 9.17) is 0 Å². The minimum absolute atomic E-state index is 0.158. The molecule has 1 unspecified atom stereocenters. The van der Waals surface area contributed by atoms with Crippen molar-refractivity contribution < 1.29 is 4.79 Å². The third kappa shape index (κ3) is 2.38. The summed E-state index contributed by atoms with van der Waals surface area (Å²) in [5, 5.41) is 0. The number of amides is 1. The summed E-state index contributed by atoms with van der Waals surface area (Å²) in [5.74, 6) is 0.510. The molecule has 4 heteroatoms. The van der Waals surface area contributed by atoms with E-state index in [1.165, 1.54) is 0 Å². The predicted molar refractivity (Wildman–Crippen MR) is 61.0 cm³/mol. The zero-order valence-electron chi connectivity index (χ0n) is 9.81. The molecule has 1 saturated heterocycles. The van der Waals surface area contributed by atoms with Gasteiger partial charge in [-0.2, -0.15) is 0 Å². The third-order valence-electron chi connectivity index (χ3n) is 3.06. The molecule has 4 nitrogen and oxygen atoms in total. The molecule has 1 aliphatic rings. The molecule has 1 aromatic heterocycles. The predicted octanol–water partition coefficient (Wildman–Crippen LogP) is 1.51. The molecule has 2 rings (SSSR count). The van der Waals surface area contributed by atoms with Gasteiger partial charge in [0.15, 0.2) is 0 Å². The van der Waals surface area contributed by atoms with E-state index in [9.17, 15) is 4.79 Å². The number of carbonyl (C=O) groups excluding carboxylic acids is 1. The first-order valence-electron chi connectivity index (χ1n) is 5.71. The van der Waals surface area contributed by atoms with Crippen LogP contribution in [-0.2, 0) is 4.79 Å². The summed E-state index contributed by atoms with van der Waals surface area (Å²) >= 11 is 0. The average molecular weight is 219 g/mol. The molecule has 16 heavy (non-hydrogen) atoms. The van der Waals surface area contributed by atoms with Crippen LogP contribution in [0.2, 0.25) is 0 Å². The van der Waals surface area contributed by atoms with Crippen LogP contribution >= 0.6 is 0 Å². The molecule has 1 aliphatic heterocycles. The second-order valence-electron chi connectivity index (χ2n) is 4.39. The molecular weight excluding hydrogens is 202 g/mol. The minimum Gasteiger partial charge on any atom is -0.342 e. The van der Waals surface area contributed by atoms with Gasteiger partial charge in [0.2, 0.25) is 5.91 Å². The Morgan fingerprint density at radius 1 is 1.50 bits per heavy atom. The van der Waals surface area contributed by atoms with E-state index >= 15 is 0 Å². The van der Waals surface area contributed by atoms with Gasteiger partial charge in [-0.3, -0.25) is 14.8 Å². The molecule has 86 valence electrons. The van der Waals surface area contributed by atoms with Gasteiger partial charge in [0.1, 0.15) is 0 Å². The van der Waals surface area contributed by atoms with Gasteiger partial charge in [-0.15, -0.1) is 0 Å². The van der Waals surface area contributed by atoms with E-state index in [2.05, 4.69) is 9.97 Å².